The maximum absolute atomic E-state index is 12.0. The average Bonchev–Trinajstić information content (AvgIpc) is 2.45. The van der Waals surface area contributed by atoms with Crippen LogP contribution in [-0.4, -0.2) is 17.3 Å². The fourth-order valence-corrected chi connectivity index (χ4v) is 2.37. The summed E-state index contributed by atoms with van der Waals surface area (Å²) in [5, 5.41) is 11.7. The van der Waals surface area contributed by atoms with Gasteiger partial charge in [0.15, 0.2) is 12.4 Å². The van der Waals surface area contributed by atoms with E-state index >= 15 is 0 Å². The molecule has 0 amide bonds. The molecule has 0 aliphatic heterocycles. The van der Waals surface area contributed by atoms with Gasteiger partial charge in [-0.2, -0.15) is 0 Å². The quantitative estimate of drug-likeness (QED) is 0.435. The standard InChI is InChI=1S/C14H8Cl3NO4/c15-8-1-3-10(11(17)5-8)13(19)7-22-14-4-2-9(16)6-12(14)18(20)21/h1-6H,7H2. The van der Waals surface area contributed by atoms with Crippen LogP contribution in [0, 0.1) is 10.1 Å². The molecule has 0 bridgehead atoms. The number of hydrogen-bond acceptors (Lipinski definition) is 4. The lowest BCUT2D eigenvalue weighted by Crippen LogP contribution is -2.12. The Kier molecular flexibility index (Phi) is 5.24. The molecule has 0 unspecified atom stereocenters. The van der Waals surface area contributed by atoms with Gasteiger partial charge in [0.05, 0.1) is 9.95 Å². The van der Waals surface area contributed by atoms with E-state index in [0.717, 1.165) is 6.07 Å². The van der Waals surface area contributed by atoms with Crippen molar-refractivity contribution in [3.05, 3.63) is 67.1 Å². The van der Waals surface area contributed by atoms with Crippen LogP contribution >= 0.6 is 34.8 Å². The highest BCUT2D eigenvalue weighted by atomic mass is 35.5. The lowest BCUT2D eigenvalue weighted by atomic mass is 10.1. The molecule has 5 nitrogen and oxygen atoms in total. The van der Waals surface area contributed by atoms with Crippen LogP contribution in [0.25, 0.3) is 0 Å². The minimum Gasteiger partial charge on any atom is -0.478 e. The maximum atomic E-state index is 12.0. The highest BCUT2D eigenvalue weighted by Crippen LogP contribution is 2.30. The second-order valence-electron chi connectivity index (χ2n) is 4.21. The predicted octanol–water partition coefficient (Wildman–Crippen LogP) is 4.82. The predicted molar refractivity (Wildman–Crippen MR) is 84.4 cm³/mol. The zero-order valence-corrected chi connectivity index (χ0v) is 13.2. The summed E-state index contributed by atoms with van der Waals surface area (Å²) in [6.45, 7) is -0.399. The van der Waals surface area contributed by atoms with Crippen LogP contribution < -0.4 is 4.74 Å². The van der Waals surface area contributed by atoms with Gasteiger partial charge in [-0.15, -0.1) is 0 Å². The third-order valence-electron chi connectivity index (χ3n) is 2.71. The van der Waals surface area contributed by atoms with Crippen LogP contribution in [0.3, 0.4) is 0 Å². The van der Waals surface area contributed by atoms with Crippen LogP contribution in [0.1, 0.15) is 10.4 Å². The lowest BCUT2D eigenvalue weighted by molar-refractivity contribution is -0.385. The normalized spacial score (nSPS) is 10.3. The van der Waals surface area contributed by atoms with Crippen LogP contribution in [0.5, 0.6) is 5.75 Å². The zero-order valence-electron chi connectivity index (χ0n) is 10.9. The molecule has 0 fully saturated rings. The van der Waals surface area contributed by atoms with Gasteiger partial charge in [0.25, 0.3) is 0 Å². The molecule has 8 heteroatoms. The number of ether oxygens (including phenoxy) is 1. The maximum Gasteiger partial charge on any atom is 0.312 e. The third-order valence-corrected chi connectivity index (χ3v) is 3.49. The Hall–Kier alpha value is -1.82. The molecule has 0 saturated carbocycles. The van der Waals surface area contributed by atoms with Gasteiger partial charge in [-0.1, -0.05) is 34.8 Å². The number of nitrogens with zero attached hydrogens (tertiary/aromatic N) is 1. The first-order chi connectivity index (χ1) is 10.4. The highest BCUT2D eigenvalue weighted by molar-refractivity contribution is 6.36. The molecule has 0 saturated heterocycles. The number of hydrogen-bond donors (Lipinski definition) is 0. The van der Waals surface area contributed by atoms with Gasteiger partial charge in [-0.3, -0.25) is 14.9 Å². The Morgan fingerprint density at radius 3 is 2.36 bits per heavy atom. The monoisotopic (exact) mass is 359 g/mol. The third kappa shape index (κ3) is 3.88. The Balaban J connectivity index is 2.16. The van der Waals surface area contributed by atoms with Gasteiger partial charge >= 0.3 is 5.69 Å². The first-order valence-electron chi connectivity index (χ1n) is 5.93. The topological polar surface area (TPSA) is 69.4 Å². The van der Waals surface area contributed by atoms with Crippen LogP contribution in [-0.2, 0) is 0 Å². The summed E-state index contributed by atoms with van der Waals surface area (Å²) in [7, 11) is 0. The van der Waals surface area contributed by atoms with Crippen molar-refractivity contribution < 1.29 is 14.5 Å². The molecule has 22 heavy (non-hydrogen) atoms. The van der Waals surface area contributed by atoms with Gasteiger partial charge in [0, 0.05) is 21.7 Å². The summed E-state index contributed by atoms with van der Waals surface area (Å²) in [5.74, 6) is -0.473. The van der Waals surface area contributed by atoms with Gasteiger partial charge in [0.2, 0.25) is 5.78 Å². The summed E-state index contributed by atoms with van der Waals surface area (Å²) in [4.78, 5) is 22.3. The number of ketones is 1. The fourth-order valence-electron chi connectivity index (χ4n) is 1.69. The molecule has 2 rings (SSSR count). The summed E-state index contributed by atoms with van der Waals surface area (Å²) >= 11 is 17.4. The first kappa shape index (κ1) is 16.5. The molecular formula is C14H8Cl3NO4. The van der Waals surface area contributed by atoms with E-state index in [2.05, 4.69) is 0 Å². The van der Waals surface area contributed by atoms with Crippen molar-refractivity contribution in [2.75, 3.05) is 6.61 Å². The van der Waals surface area contributed by atoms with E-state index in [0.29, 0.717) is 5.02 Å². The largest absolute Gasteiger partial charge is 0.478 e. The molecule has 0 atom stereocenters. The second-order valence-corrected chi connectivity index (χ2v) is 5.49. The highest BCUT2D eigenvalue weighted by Gasteiger charge is 2.18. The van der Waals surface area contributed by atoms with Gasteiger partial charge < -0.3 is 4.74 Å². The van der Waals surface area contributed by atoms with E-state index in [9.17, 15) is 14.9 Å². The van der Waals surface area contributed by atoms with Crippen molar-refractivity contribution >= 4 is 46.3 Å². The summed E-state index contributed by atoms with van der Waals surface area (Å²) in [6, 6.07) is 8.33. The number of nitro benzene ring substituents is 1. The van der Waals surface area contributed by atoms with E-state index in [4.69, 9.17) is 39.5 Å². The smallest absolute Gasteiger partial charge is 0.312 e. The Bertz CT molecular complexity index is 749. The van der Waals surface area contributed by atoms with E-state index < -0.39 is 17.3 Å². The summed E-state index contributed by atoms with van der Waals surface area (Å²) in [6.07, 6.45) is 0. The van der Waals surface area contributed by atoms with Gasteiger partial charge in [0.1, 0.15) is 0 Å². The van der Waals surface area contributed by atoms with Crippen molar-refractivity contribution in [1.29, 1.82) is 0 Å². The molecule has 0 aliphatic carbocycles. The molecule has 0 radical (unpaired) electrons. The SMILES string of the molecule is O=C(COc1ccc(Cl)cc1[N+](=O)[O-])c1ccc(Cl)cc1Cl. The van der Waals surface area contributed by atoms with Crippen LogP contribution in [0.2, 0.25) is 15.1 Å². The molecule has 0 spiro atoms. The van der Waals surface area contributed by atoms with Crippen LogP contribution in [0.4, 0.5) is 5.69 Å². The summed E-state index contributed by atoms with van der Waals surface area (Å²) < 4.78 is 5.21. The first-order valence-corrected chi connectivity index (χ1v) is 7.07. The number of carbonyl (C=O) groups excluding carboxylic acids is 1. The molecule has 2 aromatic rings. The molecule has 0 aromatic heterocycles. The number of Topliss-reactive ketones (excluding diaryl/α,β-unsaturated/α-hetero) is 1. The van der Waals surface area contributed by atoms with Crippen LogP contribution in [0.15, 0.2) is 36.4 Å². The lowest BCUT2D eigenvalue weighted by Gasteiger charge is -2.07. The molecule has 0 heterocycles. The molecule has 2 aromatic carbocycles. The number of carbonyl (C=O) groups is 1. The van der Waals surface area contributed by atoms with Crippen molar-refractivity contribution in [3.63, 3.8) is 0 Å². The van der Waals surface area contributed by atoms with Crippen molar-refractivity contribution in [3.8, 4) is 5.75 Å². The number of rotatable bonds is 5. The minimum absolute atomic E-state index is 0.0483. The van der Waals surface area contributed by atoms with E-state index in [1.165, 1.54) is 30.3 Å². The van der Waals surface area contributed by atoms with E-state index in [1.807, 2.05) is 0 Å². The molecule has 0 N–H and O–H groups in total. The van der Waals surface area contributed by atoms with E-state index in [1.54, 1.807) is 0 Å². The Morgan fingerprint density at radius 1 is 1.09 bits per heavy atom. The van der Waals surface area contributed by atoms with E-state index in [-0.39, 0.29) is 27.0 Å². The number of nitro groups is 1. The van der Waals surface area contributed by atoms with Gasteiger partial charge in [-0.05, 0) is 30.3 Å². The number of benzene rings is 2. The van der Waals surface area contributed by atoms with Crippen molar-refractivity contribution in [1.82, 2.24) is 0 Å². The molecule has 114 valence electrons. The zero-order chi connectivity index (χ0) is 16.3. The molecule has 0 aliphatic rings. The number of halogens is 3. The van der Waals surface area contributed by atoms with Crippen molar-refractivity contribution in [2.24, 2.45) is 0 Å². The average molecular weight is 361 g/mol. The molecular weight excluding hydrogens is 353 g/mol. The Labute approximate surface area is 140 Å². The fraction of sp³-hybridized carbons (Fsp3) is 0.0714. The second kappa shape index (κ2) is 6.96. The van der Waals surface area contributed by atoms with Gasteiger partial charge in [-0.25, -0.2) is 0 Å². The van der Waals surface area contributed by atoms with Crippen molar-refractivity contribution in [2.45, 2.75) is 0 Å². The minimum atomic E-state index is -0.638. The summed E-state index contributed by atoms with van der Waals surface area (Å²) in [5.41, 5.74) is -0.0924. The Morgan fingerprint density at radius 2 is 1.73 bits per heavy atom.